The topological polar surface area (TPSA) is 101 Å². The molecule has 1 atom stereocenters. The Labute approximate surface area is 220 Å². The van der Waals surface area contributed by atoms with Crippen LogP contribution in [0.15, 0.2) is 48.5 Å². The van der Waals surface area contributed by atoms with Gasteiger partial charge in [0.2, 0.25) is 0 Å². The van der Waals surface area contributed by atoms with Gasteiger partial charge < -0.3 is 25.0 Å². The molecule has 0 radical (unpaired) electrons. The summed E-state index contributed by atoms with van der Waals surface area (Å²) < 4.78 is 24.6. The van der Waals surface area contributed by atoms with E-state index >= 15 is 0 Å². The summed E-state index contributed by atoms with van der Waals surface area (Å²) in [6.07, 6.45) is 2.82. The maximum atomic E-state index is 13.7. The Hall–Kier alpha value is -3.20. The normalized spacial score (nSPS) is 14.6. The Kier molecular flexibility index (Phi) is 8.32. The molecule has 196 valence electrons. The number of nitrogens with one attached hydrogen (secondary N) is 1. The van der Waals surface area contributed by atoms with E-state index in [2.05, 4.69) is 10.3 Å². The number of hydrogen-bond acceptors (Lipinski definition) is 6. The first-order chi connectivity index (χ1) is 17.8. The van der Waals surface area contributed by atoms with Crippen LogP contribution in [-0.4, -0.2) is 48.5 Å². The van der Waals surface area contributed by atoms with Crippen molar-refractivity contribution in [1.82, 2.24) is 10.3 Å². The van der Waals surface area contributed by atoms with Gasteiger partial charge in [0.1, 0.15) is 28.6 Å². The predicted octanol–water partition coefficient (Wildman–Crippen LogP) is 4.51. The number of ether oxygens (including phenoxy) is 2. The second-order valence-electron chi connectivity index (χ2n) is 9.11. The van der Waals surface area contributed by atoms with Crippen LogP contribution in [0, 0.1) is 11.7 Å². The number of rotatable bonds is 11. The van der Waals surface area contributed by atoms with E-state index in [9.17, 15) is 14.3 Å². The second-order valence-corrected chi connectivity index (χ2v) is 9.52. The van der Waals surface area contributed by atoms with Crippen LogP contribution in [0.2, 0.25) is 5.02 Å². The standard InChI is InChI=1S/C28H30ClFN2O5/c1-36-23-11-12-25(32-26(23)18-7-10-22(30)21(29)14-18)28(35,20-8-9-20)16-31-27(34)19-6-5-17(4-3-13-33)24(15-19)37-2/h5-7,10-12,14-15,20,33,35H,3-4,8-9,13,16H2,1-2H3,(H,31,34). The van der Waals surface area contributed by atoms with Gasteiger partial charge in [-0.1, -0.05) is 17.7 Å². The molecule has 1 aliphatic carbocycles. The molecule has 1 amide bonds. The maximum absolute atomic E-state index is 13.7. The maximum Gasteiger partial charge on any atom is 0.251 e. The molecule has 3 aromatic rings. The van der Waals surface area contributed by atoms with Crippen LogP contribution in [0.5, 0.6) is 11.5 Å². The summed E-state index contributed by atoms with van der Waals surface area (Å²) in [5.74, 6) is 0.0367. The molecule has 0 spiro atoms. The molecule has 0 saturated heterocycles. The van der Waals surface area contributed by atoms with E-state index in [4.69, 9.17) is 26.2 Å². The summed E-state index contributed by atoms with van der Waals surface area (Å²) in [6, 6.07) is 12.8. The number of carbonyl (C=O) groups excluding carboxylic acids is 1. The van der Waals surface area contributed by atoms with E-state index in [0.717, 1.165) is 18.4 Å². The Bertz CT molecular complexity index is 1280. The molecule has 1 saturated carbocycles. The summed E-state index contributed by atoms with van der Waals surface area (Å²) >= 11 is 5.99. The van der Waals surface area contributed by atoms with Gasteiger partial charge in [-0.3, -0.25) is 4.79 Å². The van der Waals surface area contributed by atoms with Crippen molar-refractivity contribution in [3.8, 4) is 22.8 Å². The third kappa shape index (κ3) is 5.87. The minimum absolute atomic E-state index is 0.0470. The number of amides is 1. The van der Waals surface area contributed by atoms with Crippen LogP contribution in [0.4, 0.5) is 4.39 Å². The number of hydrogen-bond donors (Lipinski definition) is 3. The lowest BCUT2D eigenvalue weighted by Gasteiger charge is -2.29. The lowest BCUT2D eigenvalue weighted by atomic mass is 9.92. The van der Waals surface area contributed by atoms with E-state index in [1.165, 1.54) is 26.4 Å². The molecular weight excluding hydrogens is 499 g/mol. The van der Waals surface area contributed by atoms with Gasteiger partial charge >= 0.3 is 0 Å². The number of carbonyl (C=O) groups is 1. The Morgan fingerprint density at radius 3 is 2.54 bits per heavy atom. The summed E-state index contributed by atoms with van der Waals surface area (Å²) in [7, 11) is 3.04. The molecule has 7 nitrogen and oxygen atoms in total. The molecule has 0 bridgehead atoms. The fourth-order valence-electron chi connectivity index (χ4n) is 4.39. The summed E-state index contributed by atoms with van der Waals surface area (Å²) in [5, 5.41) is 23.6. The van der Waals surface area contributed by atoms with Crippen molar-refractivity contribution < 1.29 is 28.9 Å². The van der Waals surface area contributed by atoms with Crippen LogP contribution < -0.4 is 14.8 Å². The van der Waals surface area contributed by atoms with Crippen LogP contribution in [0.25, 0.3) is 11.3 Å². The monoisotopic (exact) mass is 528 g/mol. The summed E-state index contributed by atoms with van der Waals surface area (Å²) in [6.45, 7) is 0.0223. The van der Waals surface area contributed by atoms with Crippen LogP contribution in [-0.2, 0) is 12.0 Å². The van der Waals surface area contributed by atoms with Gasteiger partial charge in [0.15, 0.2) is 0 Å². The first-order valence-corrected chi connectivity index (χ1v) is 12.5. The number of pyridine rings is 1. The zero-order valence-corrected chi connectivity index (χ0v) is 21.5. The van der Waals surface area contributed by atoms with Gasteiger partial charge in [-0.15, -0.1) is 0 Å². The smallest absolute Gasteiger partial charge is 0.251 e. The van der Waals surface area contributed by atoms with Crippen molar-refractivity contribution in [1.29, 1.82) is 0 Å². The minimum atomic E-state index is -1.41. The fraction of sp³-hybridized carbons (Fsp3) is 0.357. The Morgan fingerprint density at radius 1 is 1.14 bits per heavy atom. The molecule has 1 fully saturated rings. The van der Waals surface area contributed by atoms with E-state index in [0.29, 0.717) is 46.9 Å². The van der Waals surface area contributed by atoms with Crippen molar-refractivity contribution in [3.05, 3.63) is 76.2 Å². The van der Waals surface area contributed by atoms with Gasteiger partial charge in [0.25, 0.3) is 5.91 Å². The number of methoxy groups -OCH3 is 2. The number of aliphatic hydroxyl groups is 2. The Balaban J connectivity index is 1.59. The molecular formula is C28H30ClFN2O5. The van der Waals surface area contributed by atoms with Crippen molar-refractivity contribution in [3.63, 3.8) is 0 Å². The van der Waals surface area contributed by atoms with E-state index in [-0.39, 0.29) is 30.0 Å². The van der Waals surface area contributed by atoms with Crippen molar-refractivity contribution in [2.24, 2.45) is 5.92 Å². The molecule has 1 heterocycles. The highest BCUT2D eigenvalue weighted by molar-refractivity contribution is 6.31. The molecule has 1 unspecified atom stereocenters. The number of aliphatic hydroxyl groups excluding tert-OH is 1. The van der Waals surface area contributed by atoms with Gasteiger partial charge in [0.05, 0.1) is 31.5 Å². The second kappa shape index (κ2) is 11.5. The fourth-order valence-corrected chi connectivity index (χ4v) is 4.57. The minimum Gasteiger partial charge on any atom is -0.496 e. The number of halogens is 2. The molecule has 1 aromatic heterocycles. The summed E-state index contributed by atoms with van der Waals surface area (Å²) in [4.78, 5) is 17.7. The molecule has 0 aliphatic heterocycles. The van der Waals surface area contributed by atoms with Gasteiger partial charge in [-0.25, -0.2) is 9.37 Å². The Morgan fingerprint density at radius 2 is 1.89 bits per heavy atom. The highest BCUT2D eigenvalue weighted by Gasteiger charge is 2.46. The van der Waals surface area contributed by atoms with Crippen molar-refractivity contribution in [2.45, 2.75) is 31.3 Å². The lowest BCUT2D eigenvalue weighted by Crippen LogP contribution is -2.43. The van der Waals surface area contributed by atoms with E-state index in [1.807, 2.05) is 6.07 Å². The van der Waals surface area contributed by atoms with Gasteiger partial charge in [0, 0.05) is 17.7 Å². The van der Waals surface area contributed by atoms with Crippen LogP contribution in [0.1, 0.15) is 40.9 Å². The third-order valence-electron chi connectivity index (χ3n) is 6.64. The molecule has 2 aromatic carbocycles. The number of aromatic nitrogens is 1. The summed E-state index contributed by atoms with van der Waals surface area (Å²) in [5.41, 5.74) is 1.22. The van der Waals surface area contributed by atoms with Crippen molar-refractivity contribution in [2.75, 3.05) is 27.4 Å². The molecule has 4 rings (SSSR count). The third-order valence-corrected chi connectivity index (χ3v) is 6.93. The SMILES string of the molecule is COc1cc(C(=O)NCC(O)(c2ccc(OC)c(-c3ccc(F)c(Cl)c3)n2)C2CC2)ccc1CCCO. The zero-order chi connectivity index (χ0) is 26.6. The molecule has 9 heteroatoms. The molecule has 37 heavy (non-hydrogen) atoms. The van der Waals surface area contributed by atoms with Gasteiger partial charge in [-0.2, -0.15) is 0 Å². The first-order valence-electron chi connectivity index (χ1n) is 12.1. The average Bonchev–Trinajstić information content (AvgIpc) is 3.77. The van der Waals surface area contributed by atoms with Crippen molar-refractivity contribution >= 4 is 17.5 Å². The lowest BCUT2D eigenvalue weighted by molar-refractivity contribution is 0.00953. The number of nitrogens with zero attached hydrogens (tertiary/aromatic N) is 1. The quantitative estimate of drug-likeness (QED) is 0.338. The number of aryl methyl sites for hydroxylation is 1. The number of benzene rings is 2. The van der Waals surface area contributed by atoms with E-state index < -0.39 is 11.4 Å². The van der Waals surface area contributed by atoms with Gasteiger partial charge in [-0.05, 0) is 79.6 Å². The molecule has 3 N–H and O–H groups in total. The van der Waals surface area contributed by atoms with Crippen LogP contribution in [0.3, 0.4) is 0 Å². The first kappa shape index (κ1) is 26.9. The highest BCUT2D eigenvalue weighted by Crippen LogP contribution is 2.46. The van der Waals surface area contributed by atoms with Crippen LogP contribution >= 0.6 is 11.6 Å². The highest BCUT2D eigenvalue weighted by atomic mass is 35.5. The zero-order valence-electron chi connectivity index (χ0n) is 20.8. The van der Waals surface area contributed by atoms with E-state index in [1.54, 1.807) is 30.3 Å². The largest absolute Gasteiger partial charge is 0.496 e. The average molecular weight is 529 g/mol. The predicted molar refractivity (Wildman–Crippen MR) is 139 cm³/mol. The molecule has 1 aliphatic rings.